The van der Waals surface area contributed by atoms with Gasteiger partial charge in [-0.25, -0.2) is 0 Å². The number of rotatable bonds is 4. The maximum atomic E-state index is 11.7. The van der Waals surface area contributed by atoms with Crippen LogP contribution in [0.3, 0.4) is 0 Å². The molecule has 0 radical (unpaired) electrons. The zero-order valence-electron chi connectivity index (χ0n) is 9.83. The third-order valence-electron chi connectivity index (χ3n) is 3.32. The highest BCUT2D eigenvalue weighted by Crippen LogP contribution is 2.37. The van der Waals surface area contributed by atoms with E-state index < -0.39 is 5.54 Å². The summed E-state index contributed by atoms with van der Waals surface area (Å²) in [6.07, 6.45) is 1.20. The number of carbonyl (C=O) groups excluding carboxylic acids is 1. The molecule has 0 spiro atoms. The fraction of sp³-hybridized carbons (Fsp3) is 0.909. The lowest BCUT2D eigenvalue weighted by molar-refractivity contribution is -0.155. The molecule has 1 aliphatic rings. The lowest BCUT2D eigenvalue weighted by Gasteiger charge is -2.29. The molecule has 82 valence electrons. The quantitative estimate of drug-likeness (QED) is 0.643. The van der Waals surface area contributed by atoms with Gasteiger partial charge in [0.25, 0.3) is 0 Å². The van der Waals surface area contributed by atoms with E-state index in [-0.39, 0.29) is 5.97 Å². The highest BCUT2D eigenvalue weighted by Gasteiger charge is 2.36. The fourth-order valence-electron chi connectivity index (χ4n) is 1.17. The van der Waals surface area contributed by atoms with Crippen LogP contribution in [0.25, 0.3) is 0 Å². The minimum absolute atomic E-state index is 0.124. The number of carbonyl (C=O) groups is 1. The zero-order valence-corrected chi connectivity index (χ0v) is 9.83. The van der Waals surface area contributed by atoms with Crippen LogP contribution >= 0.6 is 0 Å². The molecule has 3 nitrogen and oxygen atoms in total. The summed E-state index contributed by atoms with van der Waals surface area (Å²) in [6.45, 7) is 6.55. The van der Waals surface area contributed by atoms with Gasteiger partial charge in [-0.05, 0) is 46.2 Å². The summed E-state index contributed by atoms with van der Waals surface area (Å²) in [5.74, 6) is 1.23. The Balaban J connectivity index is 2.33. The maximum absolute atomic E-state index is 11.7. The van der Waals surface area contributed by atoms with Gasteiger partial charge < -0.3 is 4.74 Å². The van der Waals surface area contributed by atoms with E-state index in [1.54, 1.807) is 0 Å². The van der Waals surface area contributed by atoms with E-state index in [0.29, 0.717) is 12.5 Å². The molecule has 0 aliphatic heterocycles. The van der Waals surface area contributed by atoms with E-state index in [1.165, 1.54) is 6.42 Å². The van der Waals surface area contributed by atoms with Gasteiger partial charge in [-0.1, -0.05) is 6.92 Å². The summed E-state index contributed by atoms with van der Waals surface area (Å²) in [4.78, 5) is 13.6. The van der Waals surface area contributed by atoms with Crippen molar-refractivity contribution in [1.82, 2.24) is 4.90 Å². The Labute approximate surface area is 86.4 Å². The standard InChI is InChI=1S/C11H21NO2/c1-8-6-9(8)7-14-10(13)11(2,3)12(4)5/h8-9H,6-7H2,1-5H3. The predicted molar refractivity (Wildman–Crippen MR) is 56.0 cm³/mol. The van der Waals surface area contributed by atoms with Gasteiger partial charge in [0.1, 0.15) is 5.54 Å². The molecule has 0 aromatic rings. The van der Waals surface area contributed by atoms with Crippen LogP contribution in [-0.2, 0) is 9.53 Å². The lowest BCUT2D eigenvalue weighted by atomic mass is 10.1. The van der Waals surface area contributed by atoms with E-state index in [1.807, 2.05) is 32.8 Å². The first-order valence-electron chi connectivity index (χ1n) is 5.20. The Morgan fingerprint density at radius 2 is 2.00 bits per heavy atom. The number of ether oxygens (including phenoxy) is 1. The molecule has 0 saturated heterocycles. The average Bonchev–Trinajstić information content (AvgIpc) is 2.77. The summed E-state index contributed by atoms with van der Waals surface area (Å²) in [6, 6.07) is 0. The summed E-state index contributed by atoms with van der Waals surface area (Å²) in [7, 11) is 3.78. The molecule has 0 aromatic carbocycles. The second kappa shape index (κ2) is 3.89. The number of likely N-dealkylation sites (N-methyl/N-ethyl adjacent to an activating group) is 1. The topological polar surface area (TPSA) is 29.5 Å². The van der Waals surface area contributed by atoms with Crippen LogP contribution in [0.15, 0.2) is 0 Å². The third-order valence-corrected chi connectivity index (χ3v) is 3.32. The van der Waals surface area contributed by atoms with E-state index in [4.69, 9.17) is 4.74 Å². The molecule has 0 heterocycles. The van der Waals surface area contributed by atoms with Gasteiger partial charge in [0.05, 0.1) is 6.61 Å². The number of nitrogens with zero attached hydrogens (tertiary/aromatic N) is 1. The van der Waals surface area contributed by atoms with Crippen LogP contribution in [0.1, 0.15) is 27.2 Å². The molecular formula is C11H21NO2. The average molecular weight is 199 g/mol. The van der Waals surface area contributed by atoms with Crippen molar-refractivity contribution < 1.29 is 9.53 Å². The second-order valence-corrected chi connectivity index (χ2v) is 5.02. The Kier molecular flexibility index (Phi) is 3.20. The van der Waals surface area contributed by atoms with Crippen LogP contribution in [0, 0.1) is 11.8 Å². The first kappa shape index (κ1) is 11.5. The van der Waals surface area contributed by atoms with Crippen LogP contribution in [-0.4, -0.2) is 37.1 Å². The van der Waals surface area contributed by atoms with Crippen molar-refractivity contribution in [3.8, 4) is 0 Å². The maximum Gasteiger partial charge on any atom is 0.325 e. The van der Waals surface area contributed by atoms with Crippen LogP contribution in [0.4, 0.5) is 0 Å². The predicted octanol–water partition coefficient (Wildman–Crippen LogP) is 1.53. The highest BCUT2D eigenvalue weighted by atomic mass is 16.5. The first-order valence-corrected chi connectivity index (χ1v) is 5.20. The highest BCUT2D eigenvalue weighted by molar-refractivity contribution is 5.79. The van der Waals surface area contributed by atoms with E-state index in [9.17, 15) is 4.79 Å². The van der Waals surface area contributed by atoms with E-state index in [0.717, 1.165) is 5.92 Å². The molecule has 0 amide bonds. The summed E-state index contributed by atoms with van der Waals surface area (Å²) >= 11 is 0. The van der Waals surface area contributed by atoms with E-state index in [2.05, 4.69) is 6.92 Å². The minimum Gasteiger partial charge on any atom is -0.464 e. The molecule has 2 atom stereocenters. The Morgan fingerprint density at radius 1 is 1.50 bits per heavy atom. The number of hydrogen-bond acceptors (Lipinski definition) is 3. The van der Waals surface area contributed by atoms with Crippen molar-refractivity contribution in [2.24, 2.45) is 11.8 Å². The number of esters is 1. The Bertz CT molecular complexity index is 223. The smallest absolute Gasteiger partial charge is 0.325 e. The van der Waals surface area contributed by atoms with Crippen molar-refractivity contribution in [3.05, 3.63) is 0 Å². The van der Waals surface area contributed by atoms with E-state index >= 15 is 0 Å². The monoisotopic (exact) mass is 199 g/mol. The molecule has 0 bridgehead atoms. The lowest BCUT2D eigenvalue weighted by Crippen LogP contribution is -2.46. The third kappa shape index (κ3) is 2.47. The van der Waals surface area contributed by atoms with Crippen molar-refractivity contribution in [2.75, 3.05) is 20.7 Å². The molecular weight excluding hydrogens is 178 g/mol. The minimum atomic E-state index is -0.516. The summed E-state index contributed by atoms with van der Waals surface area (Å²) in [5, 5.41) is 0. The number of hydrogen-bond donors (Lipinski definition) is 0. The van der Waals surface area contributed by atoms with Crippen molar-refractivity contribution in [3.63, 3.8) is 0 Å². The van der Waals surface area contributed by atoms with Crippen LogP contribution < -0.4 is 0 Å². The summed E-state index contributed by atoms with van der Waals surface area (Å²) in [5.41, 5.74) is -0.516. The molecule has 2 unspecified atom stereocenters. The van der Waals surface area contributed by atoms with Gasteiger partial charge in [0.15, 0.2) is 0 Å². The first-order chi connectivity index (χ1) is 6.35. The molecule has 1 rings (SSSR count). The fourth-order valence-corrected chi connectivity index (χ4v) is 1.17. The molecule has 14 heavy (non-hydrogen) atoms. The molecule has 0 N–H and O–H groups in total. The van der Waals surface area contributed by atoms with Crippen molar-refractivity contribution in [1.29, 1.82) is 0 Å². The largest absolute Gasteiger partial charge is 0.464 e. The normalized spacial score (nSPS) is 26.4. The second-order valence-electron chi connectivity index (χ2n) is 5.02. The van der Waals surface area contributed by atoms with Gasteiger partial charge in [0, 0.05) is 0 Å². The van der Waals surface area contributed by atoms with Gasteiger partial charge >= 0.3 is 5.97 Å². The van der Waals surface area contributed by atoms with Crippen molar-refractivity contribution in [2.45, 2.75) is 32.7 Å². The molecule has 1 fully saturated rings. The van der Waals surface area contributed by atoms with Gasteiger partial charge in [0.2, 0.25) is 0 Å². The molecule has 3 heteroatoms. The van der Waals surface area contributed by atoms with Gasteiger partial charge in [-0.3, -0.25) is 9.69 Å². The van der Waals surface area contributed by atoms with Gasteiger partial charge in [-0.15, -0.1) is 0 Å². The molecule has 1 saturated carbocycles. The summed E-state index contributed by atoms with van der Waals surface area (Å²) < 4.78 is 5.28. The van der Waals surface area contributed by atoms with Crippen molar-refractivity contribution >= 4 is 5.97 Å². The van der Waals surface area contributed by atoms with Crippen LogP contribution in [0.5, 0.6) is 0 Å². The van der Waals surface area contributed by atoms with Crippen LogP contribution in [0.2, 0.25) is 0 Å². The molecule has 0 aromatic heterocycles. The van der Waals surface area contributed by atoms with Gasteiger partial charge in [-0.2, -0.15) is 0 Å². The Hall–Kier alpha value is -0.570. The SMILES string of the molecule is CC1CC1COC(=O)C(C)(C)N(C)C. The zero-order chi connectivity index (χ0) is 10.9. The molecule has 1 aliphatic carbocycles. The Morgan fingerprint density at radius 3 is 2.36 bits per heavy atom.